The van der Waals surface area contributed by atoms with Crippen LogP contribution in [-0.2, 0) is 14.8 Å². The van der Waals surface area contributed by atoms with Crippen LogP contribution in [-0.4, -0.2) is 49.1 Å². The number of ether oxygens (including phenoxy) is 1. The van der Waals surface area contributed by atoms with E-state index in [1.165, 1.54) is 16.4 Å². The standard InChI is InChI=1S/C13H16ClNO5S/c1-13(2)8-20-6-5-15(13)21(18,19)11-7-9(12(16)17)3-4-10(11)14/h3-4,7H,5-6,8H2,1-2H3,(H,16,17). The van der Waals surface area contributed by atoms with E-state index in [1.54, 1.807) is 13.8 Å². The maximum atomic E-state index is 12.8. The highest BCUT2D eigenvalue weighted by atomic mass is 35.5. The molecule has 116 valence electrons. The number of hydrogen-bond acceptors (Lipinski definition) is 4. The van der Waals surface area contributed by atoms with E-state index in [-0.39, 0.29) is 28.6 Å². The highest BCUT2D eigenvalue weighted by Crippen LogP contribution is 2.31. The minimum absolute atomic E-state index is 0.00212. The summed E-state index contributed by atoms with van der Waals surface area (Å²) in [5.41, 5.74) is -0.844. The molecule has 1 N–H and O–H groups in total. The van der Waals surface area contributed by atoms with Gasteiger partial charge in [-0.1, -0.05) is 11.6 Å². The summed E-state index contributed by atoms with van der Waals surface area (Å²) in [7, 11) is -3.90. The Bertz CT molecular complexity index is 671. The van der Waals surface area contributed by atoms with Gasteiger partial charge in [0, 0.05) is 6.54 Å². The van der Waals surface area contributed by atoms with E-state index in [9.17, 15) is 13.2 Å². The summed E-state index contributed by atoms with van der Waals surface area (Å²) in [5.74, 6) is -1.20. The Balaban J connectivity index is 2.53. The fourth-order valence-corrected chi connectivity index (χ4v) is 4.50. The Hall–Kier alpha value is -1.15. The Labute approximate surface area is 128 Å². The molecule has 0 amide bonds. The molecule has 0 aromatic heterocycles. The number of nitrogens with zero attached hydrogens (tertiary/aromatic N) is 1. The molecule has 1 aromatic rings. The minimum Gasteiger partial charge on any atom is -0.478 e. The number of rotatable bonds is 3. The molecule has 2 rings (SSSR count). The Kier molecular flexibility index (Phi) is 4.30. The summed E-state index contributed by atoms with van der Waals surface area (Å²) in [6.07, 6.45) is 0. The van der Waals surface area contributed by atoms with Crippen LogP contribution in [0.15, 0.2) is 23.1 Å². The highest BCUT2D eigenvalue weighted by molar-refractivity contribution is 7.89. The van der Waals surface area contributed by atoms with Gasteiger partial charge in [-0.3, -0.25) is 0 Å². The topological polar surface area (TPSA) is 83.9 Å². The van der Waals surface area contributed by atoms with Crippen molar-refractivity contribution < 1.29 is 23.1 Å². The third kappa shape index (κ3) is 3.06. The molecule has 1 aliphatic heterocycles. The zero-order valence-electron chi connectivity index (χ0n) is 11.7. The molecule has 8 heteroatoms. The number of carboxylic acid groups (broad SMARTS) is 1. The molecule has 21 heavy (non-hydrogen) atoms. The Morgan fingerprint density at radius 2 is 2.10 bits per heavy atom. The average Bonchev–Trinajstić information content (AvgIpc) is 2.37. The van der Waals surface area contributed by atoms with Gasteiger partial charge in [-0.15, -0.1) is 0 Å². The summed E-state index contributed by atoms with van der Waals surface area (Å²) in [4.78, 5) is 10.8. The van der Waals surface area contributed by atoms with Crippen LogP contribution in [0.3, 0.4) is 0 Å². The average molecular weight is 334 g/mol. The number of morpholine rings is 1. The molecule has 0 bridgehead atoms. The lowest BCUT2D eigenvalue weighted by Gasteiger charge is -2.40. The van der Waals surface area contributed by atoms with Gasteiger partial charge < -0.3 is 9.84 Å². The first-order valence-corrected chi connectivity index (χ1v) is 8.11. The molecule has 0 unspecified atom stereocenters. The van der Waals surface area contributed by atoms with E-state index in [2.05, 4.69) is 0 Å². The summed E-state index contributed by atoms with van der Waals surface area (Å²) >= 11 is 5.97. The van der Waals surface area contributed by atoms with Gasteiger partial charge in [0.05, 0.1) is 29.3 Å². The van der Waals surface area contributed by atoms with Crippen LogP contribution >= 0.6 is 11.6 Å². The van der Waals surface area contributed by atoms with Crippen molar-refractivity contribution in [3.63, 3.8) is 0 Å². The number of aromatic carboxylic acids is 1. The van der Waals surface area contributed by atoms with Crippen LogP contribution in [0, 0.1) is 0 Å². The fourth-order valence-electron chi connectivity index (χ4n) is 2.24. The third-order valence-electron chi connectivity index (χ3n) is 3.32. The van der Waals surface area contributed by atoms with E-state index < -0.39 is 21.5 Å². The van der Waals surface area contributed by atoms with Crippen LogP contribution in [0.25, 0.3) is 0 Å². The van der Waals surface area contributed by atoms with Gasteiger partial charge in [-0.05, 0) is 32.0 Å². The molecule has 1 saturated heterocycles. The monoisotopic (exact) mass is 333 g/mol. The third-order valence-corrected chi connectivity index (χ3v) is 5.91. The van der Waals surface area contributed by atoms with Crippen molar-refractivity contribution in [1.82, 2.24) is 4.31 Å². The van der Waals surface area contributed by atoms with Crippen molar-refractivity contribution in [3.8, 4) is 0 Å². The maximum absolute atomic E-state index is 12.8. The second-order valence-electron chi connectivity index (χ2n) is 5.39. The van der Waals surface area contributed by atoms with Crippen LogP contribution in [0.2, 0.25) is 5.02 Å². The van der Waals surface area contributed by atoms with Crippen molar-refractivity contribution in [1.29, 1.82) is 0 Å². The van der Waals surface area contributed by atoms with Gasteiger partial charge in [0.2, 0.25) is 10.0 Å². The molecule has 1 fully saturated rings. The van der Waals surface area contributed by atoms with Crippen LogP contribution in [0.5, 0.6) is 0 Å². The number of halogens is 1. The van der Waals surface area contributed by atoms with Crippen LogP contribution < -0.4 is 0 Å². The Morgan fingerprint density at radius 1 is 1.43 bits per heavy atom. The maximum Gasteiger partial charge on any atom is 0.335 e. The fraction of sp³-hybridized carbons (Fsp3) is 0.462. The quantitative estimate of drug-likeness (QED) is 0.912. The molecule has 0 spiro atoms. The summed E-state index contributed by atoms with van der Waals surface area (Å²) < 4.78 is 32.2. The predicted octanol–water partition coefficient (Wildman–Crippen LogP) is 1.84. The van der Waals surface area contributed by atoms with Gasteiger partial charge in [0.25, 0.3) is 0 Å². The van der Waals surface area contributed by atoms with Crippen LogP contribution in [0.4, 0.5) is 0 Å². The lowest BCUT2D eigenvalue weighted by atomic mass is 10.1. The molecule has 0 saturated carbocycles. The lowest BCUT2D eigenvalue weighted by molar-refractivity contribution is -0.00770. The molecular formula is C13H16ClNO5S. The molecule has 0 radical (unpaired) electrons. The summed E-state index contributed by atoms with van der Waals surface area (Å²) in [6.45, 7) is 4.25. The first kappa shape index (κ1) is 16.2. The summed E-state index contributed by atoms with van der Waals surface area (Å²) in [6, 6.07) is 3.64. The summed E-state index contributed by atoms with van der Waals surface area (Å²) in [5, 5.41) is 9.01. The van der Waals surface area contributed by atoms with Crippen molar-refractivity contribution >= 4 is 27.6 Å². The smallest absolute Gasteiger partial charge is 0.335 e. The van der Waals surface area contributed by atoms with Gasteiger partial charge >= 0.3 is 5.97 Å². The first-order valence-electron chi connectivity index (χ1n) is 6.30. The predicted molar refractivity (Wildman–Crippen MR) is 77.2 cm³/mol. The number of hydrogen-bond donors (Lipinski definition) is 1. The van der Waals surface area contributed by atoms with Crippen molar-refractivity contribution in [3.05, 3.63) is 28.8 Å². The number of carboxylic acids is 1. The second kappa shape index (κ2) is 5.57. The van der Waals surface area contributed by atoms with Gasteiger partial charge in [0.1, 0.15) is 4.90 Å². The molecule has 1 aliphatic rings. The normalized spacial score (nSPS) is 19.4. The van der Waals surface area contributed by atoms with E-state index >= 15 is 0 Å². The molecule has 0 atom stereocenters. The molecule has 1 heterocycles. The minimum atomic E-state index is -3.90. The van der Waals surface area contributed by atoms with Gasteiger partial charge in [-0.25, -0.2) is 13.2 Å². The molecule has 6 nitrogen and oxygen atoms in total. The van der Waals surface area contributed by atoms with Crippen molar-refractivity contribution in [2.45, 2.75) is 24.3 Å². The number of carbonyl (C=O) groups is 1. The van der Waals surface area contributed by atoms with E-state index in [4.69, 9.17) is 21.4 Å². The number of benzene rings is 1. The number of sulfonamides is 1. The largest absolute Gasteiger partial charge is 0.478 e. The highest BCUT2D eigenvalue weighted by Gasteiger charge is 2.40. The van der Waals surface area contributed by atoms with E-state index in [1.807, 2.05) is 0 Å². The van der Waals surface area contributed by atoms with Gasteiger partial charge in [-0.2, -0.15) is 4.31 Å². The molecule has 1 aromatic carbocycles. The second-order valence-corrected chi connectivity index (χ2v) is 7.63. The zero-order valence-corrected chi connectivity index (χ0v) is 13.2. The SMILES string of the molecule is CC1(C)COCCN1S(=O)(=O)c1cc(C(=O)O)ccc1Cl. The lowest BCUT2D eigenvalue weighted by Crippen LogP contribution is -2.55. The van der Waals surface area contributed by atoms with Gasteiger partial charge in [0.15, 0.2) is 0 Å². The molecule has 0 aliphatic carbocycles. The van der Waals surface area contributed by atoms with E-state index in [0.29, 0.717) is 6.61 Å². The first-order chi connectivity index (χ1) is 9.66. The van der Waals surface area contributed by atoms with Crippen molar-refractivity contribution in [2.75, 3.05) is 19.8 Å². The Morgan fingerprint density at radius 3 is 2.67 bits per heavy atom. The van der Waals surface area contributed by atoms with Crippen LogP contribution in [0.1, 0.15) is 24.2 Å². The zero-order chi connectivity index (χ0) is 15.8. The van der Waals surface area contributed by atoms with E-state index in [0.717, 1.165) is 6.07 Å². The van der Waals surface area contributed by atoms with Crippen molar-refractivity contribution in [2.24, 2.45) is 0 Å². The molecular weight excluding hydrogens is 318 g/mol.